The molecule has 116 valence electrons. The van der Waals surface area contributed by atoms with Gasteiger partial charge in [0.2, 0.25) is 0 Å². The number of carbonyl (C=O) groups is 2. The summed E-state index contributed by atoms with van der Waals surface area (Å²) in [6.07, 6.45) is 6.35. The van der Waals surface area contributed by atoms with Crippen LogP contribution in [0.1, 0.15) is 65.7 Å². The maximum absolute atomic E-state index is 12.2. The van der Waals surface area contributed by atoms with Crippen LogP contribution >= 0.6 is 0 Å². The molecular weight excluding hydrogens is 256 g/mol. The average Bonchev–Trinajstić information content (AvgIpc) is 2.88. The van der Waals surface area contributed by atoms with Gasteiger partial charge in [-0.25, -0.2) is 0 Å². The van der Waals surface area contributed by atoms with Gasteiger partial charge in [-0.3, -0.25) is 9.59 Å². The molecular formula is C16H28O4. The Morgan fingerprint density at radius 1 is 1.15 bits per heavy atom. The van der Waals surface area contributed by atoms with Crippen LogP contribution in [-0.4, -0.2) is 24.6 Å². The van der Waals surface area contributed by atoms with E-state index in [0.717, 1.165) is 38.5 Å². The van der Waals surface area contributed by atoms with Crippen LogP contribution in [0.25, 0.3) is 0 Å². The van der Waals surface area contributed by atoms with E-state index in [-0.39, 0.29) is 12.0 Å². The van der Waals surface area contributed by atoms with Crippen molar-refractivity contribution < 1.29 is 19.1 Å². The SMILES string of the molecule is CCCCOC(=O)C(CC(C)C)C(=O)OC1CCCC1. The quantitative estimate of drug-likeness (QED) is 0.389. The third kappa shape index (κ3) is 5.93. The number of ether oxygens (including phenoxy) is 2. The van der Waals surface area contributed by atoms with Crippen molar-refractivity contribution in [3.8, 4) is 0 Å². The second-order valence-electron chi connectivity index (χ2n) is 6.05. The van der Waals surface area contributed by atoms with E-state index in [2.05, 4.69) is 0 Å². The molecule has 0 bridgehead atoms. The predicted molar refractivity (Wildman–Crippen MR) is 77.2 cm³/mol. The lowest BCUT2D eigenvalue weighted by molar-refractivity contribution is -0.166. The highest BCUT2D eigenvalue weighted by Crippen LogP contribution is 2.24. The summed E-state index contributed by atoms with van der Waals surface area (Å²) in [5.41, 5.74) is 0. The molecule has 1 saturated carbocycles. The molecule has 0 spiro atoms. The first-order valence-corrected chi connectivity index (χ1v) is 7.91. The van der Waals surface area contributed by atoms with Crippen molar-refractivity contribution in [1.82, 2.24) is 0 Å². The first kappa shape index (κ1) is 17.0. The van der Waals surface area contributed by atoms with Crippen molar-refractivity contribution in [1.29, 1.82) is 0 Å². The van der Waals surface area contributed by atoms with Crippen molar-refractivity contribution in [2.45, 2.75) is 71.8 Å². The minimum atomic E-state index is -0.757. The van der Waals surface area contributed by atoms with Crippen LogP contribution in [0.5, 0.6) is 0 Å². The van der Waals surface area contributed by atoms with Crippen LogP contribution in [0.15, 0.2) is 0 Å². The van der Waals surface area contributed by atoms with Crippen LogP contribution in [0.4, 0.5) is 0 Å². The molecule has 1 unspecified atom stereocenters. The first-order valence-electron chi connectivity index (χ1n) is 7.91. The van der Waals surface area contributed by atoms with E-state index < -0.39 is 17.9 Å². The lowest BCUT2D eigenvalue weighted by Gasteiger charge is -2.19. The van der Waals surface area contributed by atoms with Crippen LogP contribution < -0.4 is 0 Å². The molecule has 0 aromatic rings. The van der Waals surface area contributed by atoms with Gasteiger partial charge in [-0.15, -0.1) is 0 Å². The minimum absolute atomic E-state index is 0.000559. The van der Waals surface area contributed by atoms with Crippen LogP contribution in [0.3, 0.4) is 0 Å². The Balaban J connectivity index is 2.52. The van der Waals surface area contributed by atoms with Gasteiger partial charge in [0.1, 0.15) is 6.10 Å². The summed E-state index contributed by atoms with van der Waals surface area (Å²) < 4.78 is 10.7. The molecule has 4 heteroatoms. The summed E-state index contributed by atoms with van der Waals surface area (Å²) in [6.45, 7) is 6.42. The second-order valence-corrected chi connectivity index (χ2v) is 6.05. The summed E-state index contributed by atoms with van der Waals surface area (Å²) in [5.74, 6) is -1.32. The Bertz CT molecular complexity index is 306. The lowest BCUT2D eigenvalue weighted by atomic mass is 9.97. The molecule has 1 rings (SSSR count). The third-order valence-corrected chi connectivity index (χ3v) is 3.60. The van der Waals surface area contributed by atoms with Crippen molar-refractivity contribution in [2.24, 2.45) is 11.8 Å². The molecule has 0 heterocycles. The maximum atomic E-state index is 12.2. The molecule has 1 fully saturated rings. The highest BCUT2D eigenvalue weighted by molar-refractivity contribution is 5.95. The third-order valence-electron chi connectivity index (χ3n) is 3.60. The fourth-order valence-corrected chi connectivity index (χ4v) is 2.43. The molecule has 0 amide bonds. The van der Waals surface area contributed by atoms with Gasteiger partial charge in [0.25, 0.3) is 0 Å². The maximum Gasteiger partial charge on any atom is 0.320 e. The topological polar surface area (TPSA) is 52.6 Å². The number of carbonyl (C=O) groups excluding carboxylic acids is 2. The molecule has 1 atom stereocenters. The molecule has 1 aliphatic carbocycles. The van der Waals surface area contributed by atoms with E-state index in [1.165, 1.54) is 0 Å². The summed E-state index contributed by atoms with van der Waals surface area (Å²) in [4.78, 5) is 24.2. The van der Waals surface area contributed by atoms with Crippen LogP contribution in [0, 0.1) is 11.8 Å². The largest absolute Gasteiger partial charge is 0.465 e. The fourth-order valence-electron chi connectivity index (χ4n) is 2.43. The van der Waals surface area contributed by atoms with Crippen molar-refractivity contribution in [3.05, 3.63) is 0 Å². The number of rotatable bonds is 8. The second kappa shape index (κ2) is 8.98. The Morgan fingerprint density at radius 2 is 1.80 bits per heavy atom. The number of hydrogen-bond donors (Lipinski definition) is 0. The lowest BCUT2D eigenvalue weighted by Crippen LogP contribution is -2.31. The summed E-state index contributed by atoms with van der Waals surface area (Å²) in [6, 6.07) is 0. The molecule has 0 radical (unpaired) electrons. The highest BCUT2D eigenvalue weighted by atomic mass is 16.6. The number of esters is 2. The standard InChI is InChI=1S/C16H28O4/c1-4-5-10-19-15(17)14(11-12(2)3)16(18)20-13-8-6-7-9-13/h12-14H,4-11H2,1-3H3. The van der Waals surface area contributed by atoms with Gasteiger partial charge in [0.05, 0.1) is 6.61 Å². The number of unbranched alkanes of at least 4 members (excludes halogenated alkanes) is 1. The Morgan fingerprint density at radius 3 is 2.35 bits per heavy atom. The smallest absolute Gasteiger partial charge is 0.320 e. The zero-order valence-electron chi connectivity index (χ0n) is 13.0. The molecule has 0 aromatic heterocycles. The van der Waals surface area contributed by atoms with E-state index in [0.29, 0.717) is 13.0 Å². The highest BCUT2D eigenvalue weighted by Gasteiger charge is 2.32. The Kier molecular flexibility index (Phi) is 7.63. The van der Waals surface area contributed by atoms with Crippen LogP contribution in [0.2, 0.25) is 0 Å². The van der Waals surface area contributed by atoms with Gasteiger partial charge in [0.15, 0.2) is 5.92 Å². The Labute approximate surface area is 122 Å². The van der Waals surface area contributed by atoms with Crippen molar-refractivity contribution in [2.75, 3.05) is 6.61 Å². The van der Waals surface area contributed by atoms with Gasteiger partial charge in [-0.1, -0.05) is 27.2 Å². The normalized spacial score (nSPS) is 17.2. The van der Waals surface area contributed by atoms with Gasteiger partial charge in [-0.2, -0.15) is 0 Å². The van der Waals surface area contributed by atoms with Gasteiger partial charge in [-0.05, 0) is 44.4 Å². The molecule has 0 aromatic carbocycles. The first-order chi connectivity index (χ1) is 9.54. The van der Waals surface area contributed by atoms with E-state index in [1.54, 1.807) is 0 Å². The number of hydrogen-bond acceptors (Lipinski definition) is 4. The average molecular weight is 284 g/mol. The zero-order valence-corrected chi connectivity index (χ0v) is 13.0. The van der Waals surface area contributed by atoms with E-state index in [9.17, 15) is 9.59 Å². The molecule has 0 aliphatic heterocycles. The monoisotopic (exact) mass is 284 g/mol. The zero-order chi connectivity index (χ0) is 15.0. The van der Waals surface area contributed by atoms with Gasteiger partial charge >= 0.3 is 11.9 Å². The molecule has 1 aliphatic rings. The predicted octanol–water partition coefficient (Wildman–Crippen LogP) is 3.48. The minimum Gasteiger partial charge on any atom is -0.465 e. The Hall–Kier alpha value is -1.06. The molecule has 4 nitrogen and oxygen atoms in total. The van der Waals surface area contributed by atoms with E-state index in [1.807, 2.05) is 20.8 Å². The summed E-state index contributed by atoms with van der Waals surface area (Å²) >= 11 is 0. The van der Waals surface area contributed by atoms with E-state index in [4.69, 9.17) is 9.47 Å². The van der Waals surface area contributed by atoms with Gasteiger partial charge in [0, 0.05) is 0 Å². The summed E-state index contributed by atoms with van der Waals surface area (Å²) in [7, 11) is 0. The molecule has 0 N–H and O–H groups in total. The van der Waals surface area contributed by atoms with Crippen molar-refractivity contribution >= 4 is 11.9 Å². The molecule has 0 saturated heterocycles. The van der Waals surface area contributed by atoms with Crippen molar-refractivity contribution in [3.63, 3.8) is 0 Å². The fraction of sp³-hybridized carbons (Fsp3) is 0.875. The van der Waals surface area contributed by atoms with E-state index >= 15 is 0 Å². The van der Waals surface area contributed by atoms with Gasteiger partial charge < -0.3 is 9.47 Å². The van der Waals surface area contributed by atoms with Crippen LogP contribution in [-0.2, 0) is 19.1 Å². The molecule has 20 heavy (non-hydrogen) atoms. The summed E-state index contributed by atoms with van der Waals surface area (Å²) in [5, 5.41) is 0.